The van der Waals surface area contributed by atoms with E-state index in [1.807, 2.05) is 12.3 Å². The molecule has 0 unspecified atom stereocenters. The maximum absolute atomic E-state index is 13.2. The zero-order valence-electron chi connectivity index (χ0n) is 15.1. The number of nitrogens with zero attached hydrogens (tertiary/aromatic N) is 1. The molecule has 3 rings (SSSR count). The predicted molar refractivity (Wildman–Crippen MR) is 100 cm³/mol. The number of thioether (sulfide) groups is 1. The molecule has 2 aromatic rings. The molecule has 0 aliphatic heterocycles. The van der Waals surface area contributed by atoms with E-state index in [0.29, 0.717) is 16.3 Å². The second-order valence-electron chi connectivity index (χ2n) is 7.22. The maximum Gasteiger partial charge on any atom is 0.361 e. The van der Waals surface area contributed by atoms with Gasteiger partial charge in [-0.05, 0) is 58.1 Å². The standard InChI is InChI=1S/C19H20ClNO4S/c1-19(2,3)24-18(23)15-14(17(25-21-15)10-5-6-10)16(22)12-8-7-11(26-4)9-13(12)20/h7-10H,5-6H2,1-4H3. The number of aromatic nitrogens is 1. The molecule has 1 aliphatic rings. The van der Waals surface area contributed by atoms with Crippen molar-refractivity contribution in [1.29, 1.82) is 0 Å². The van der Waals surface area contributed by atoms with Gasteiger partial charge in [-0.2, -0.15) is 0 Å². The molecule has 26 heavy (non-hydrogen) atoms. The van der Waals surface area contributed by atoms with E-state index in [1.165, 1.54) is 11.8 Å². The summed E-state index contributed by atoms with van der Waals surface area (Å²) in [5.41, 5.74) is -0.301. The Kier molecular flexibility index (Phi) is 5.17. The van der Waals surface area contributed by atoms with Crippen molar-refractivity contribution < 1.29 is 18.8 Å². The zero-order chi connectivity index (χ0) is 19.1. The van der Waals surface area contributed by atoms with Crippen LogP contribution in [-0.4, -0.2) is 28.8 Å². The van der Waals surface area contributed by atoms with Gasteiger partial charge < -0.3 is 9.26 Å². The molecule has 0 spiro atoms. The van der Waals surface area contributed by atoms with Crippen molar-refractivity contribution in [2.24, 2.45) is 0 Å². The summed E-state index contributed by atoms with van der Waals surface area (Å²) in [6.07, 6.45) is 3.74. The molecule has 1 aromatic heterocycles. The van der Waals surface area contributed by atoms with Gasteiger partial charge in [0.2, 0.25) is 11.5 Å². The van der Waals surface area contributed by atoms with E-state index in [1.54, 1.807) is 32.9 Å². The zero-order valence-corrected chi connectivity index (χ0v) is 16.7. The normalized spacial score (nSPS) is 14.3. The van der Waals surface area contributed by atoms with Gasteiger partial charge in [-0.1, -0.05) is 16.8 Å². The second kappa shape index (κ2) is 7.08. The van der Waals surface area contributed by atoms with Crippen LogP contribution in [0.4, 0.5) is 0 Å². The van der Waals surface area contributed by atoms with E-state index in [0.717, 1.165) is 17.7 Å². The van der Waals surface area contributed by atoms with Crippen molar-refractivity contribution in [2.75, 3.05) is 6.26 Å². The number of carbonyl (C=O) groups is 2. The average Bonchev–Trinajstić information content (AvgIpc) is 3.30. The van der Waals surface area contributed by atoms with Crippen molar-refractivity contribution in [3.05, 3.63) is 45.8 Å². The summed E-state index contributed by atoms with van der Waals surface area (Å²) >= 11 is 7.84. The fourth-order valence-electron chi connectivity index (χ4n) is 2.55. The molecule has 1 heterocycles. The number of benzene rings is 1. The molecule has 1 aliphatic carbocycles. The van der Waals surface area contributed by atoms with Crippen molar-refractivity contribution in [3.63, 3.8) is 0 Å². The van der Waals surface area contributed by atoms with Crippen LogP contribution in [0.25, 0.3) is 0 Å². The van der Waals surface area contributed by atoms with Gasteiger partial charge in [0.05, 0.1) is 5.02 Å². The molecule has 0 amide bonds. The summed E-state index contributed by atoms with van der Waals surface area (Å²) in [4.78, 5) is 26.6. The largest absolute Gasteiger partial charge is 0.455 e. The van der Waals surface area contributed by atoms with Crippen molar-refractivity contribution in [3.8, 4) is 0 Å². The van der Waals surface area contributed by atoms with Gasteiger partial charge >= 0.3 is 5.97 Å². The number of ketones is 1. The highest BCUT2D eigenvalue weighted by atomic mass is 35.5. The van der Waals surface area contributed by atoms with Crippen LogP contribution >= 0.6 is 23.4 Å². The SMILES string of the molecule is CSc1ccc(C(=O)c2c(C(=O)OC(C)(C)C)noc2C2CC2)c(Cl)c1. The first-order valence-corrected chi connectivity index (χ1v) is 9.92. The van der Waals surface area contributed by atoms with Gasteiger partial charge in [0.25, 0.3) is 0 Å². The monoisotopic (exact) mass is 393 g/mol. The van der Waals surface area contributed by atoms with E-state index in [-0.39, 0.29) is 23.0 Å². The quantitative estimate of drug-likeness (QED) is 0.399. The summed E-state index contributed by atoms with van der Waals surface area (Å²) in [5, 5.41) is 4.19. The first-order valence-electron chi connectivity index (χ1n) is 8.32. The lowest BCUT2D eigenvalue weighted by molar-refractivity contribution is 0.00573. The van der Waals surface area contributed by atoms with E-state index in [9.17, 15) is 9.59 Å². The van der Waals surface area contributed by atoms with Crippen LogP contribution in [0.2, 0.25) is 5.02 Å². The van der Waals surface area contributed by atoms with E-state index in [2.05, 4.69) is 5.16 Å². The van der Waals surface area contributed by atoms with E-state index in [4.69, 9.17) is 20.9 Å². The summed E-state index contributed by atoms with van der Waals surface area (Å²) in [6, 6.07) is 5.22. The van der Waals surface area contributed by atoms with Gasteiger partial charge in [0.1, 0.15) is 11.2 Å². The van der Waals surface area contributed by atoms with Crippen LogP contribution in [0.15, 0.2) is 27.6 Å². The first kappa shape index (κ1) is 19.0. The molecule has 0 atom stereocenters. The molecule has 0 radical (unpaired) electrons. The summed E-state index contributed by atoms with van der Waals surface area (Å²) in [5.74, 6) is -0.484. The Morgan fingerprint density at radius 1 is 1.31 bits per heavy atom. The van der Waals surface area contributed by atoms with Crippen LogP contribution in [0, 0.1) is 0 Å². The Hall–Kier alpha value is -1.79. The number of hydrogen-bond acceptors (Lipinski definition) is 6. The van der Waals surface area contributed by atoms with Crippen LogP contribution in [0.1, 0.15) is 71.7 Å². The molecular formula is C19H20ClNO4S. The Labute approximate surface area is 161 Å². The Morgan fingerprint density at radius 2 is 2.00 bits per heavy atom. The number of esters is 1. The minimum absolute atomic E-state index is 0.0863. The molecule has 0 saturated heterocycles. The third-order valence-corrected chi connectivity index (χ3v) is 4.94. The van der Waals surface area contributed by atoms with Gasteiger partial charge in [-0.15, -0.1) is 11.8 Å². The Morgan fingerprint density at radius 3 is 2.54 bits per heavy atom. The predicted octanol–water partition coefficient (Wildman–Crippen LogP) is 5.11. The third kappa shape index (κ3) is 3.96. The molecule has 7 heteroatoms. The molecule has 1 saturated carbocycles. The van der Waals surface area contributed by atoms with Gasteiger partial charge in [0.15, 0.2) is 5.76 Å². The van der Waals surface area contributed by atoms with E-state index >= 15 is 0 Å². The van der Waals surface area contributed by atoms with Crippen LogP contribution in [0.5, 0.6) is 0 Å². The van der Waals surface area contributed by atoms with Gasteiger partial charge in [-0.25, -0.2) is 4.79 Å². The summed E-state index contributed by atoms with van der Waals surface area (Å²) < 4.78 is 10.7. The summed E-state index contributed by atoms with van der Waals surface area (Å²) in [6.45, 7) is 5.27. The number of carbonyl (C=O) groups excluding carboxylic acids is 2. The van der Waals surface area contributed by atoms with Crippen molar-refractivity contribution >= 4 is 35.1 Å². The Balaban J connectivity index is 2.04. The first-order chi connectivity index (χ1) is 12.2. The fraction of sp³-hybridized carbons (Fsp3) is 0.421. The number of halogens is 1. The highest BCUT2D eigenvalue weighted by molar-refractivity contribution is 7.98. The number of hydrogen-bond donors (Lipinski definition) is 0. The highest BCUT2D eigenvalue weighted by Crippen LogP contribution is 2.43. The smallest absolute Gasteiger partial charge is 0.361 e. The topological polar surface area (TPSA) is 69.4 Å². The van der Waals surface area contributed by atoms with Crippen LogP contribution < -0.4 is 0 Å². The molecule has 0 bridgehead atoms. The molecule has 1 aromatic carbocycles. The maximum atomic E-state index is 13.2. The molecule has 5 nitrogen and oxygen atoms in total. The lowest BCUT2D eigenvalue weighted by atomic mass is 9.99. The van der Waals surface area contributed by atoms with Gasteiger partial charge in [0, 0.05) is 16.4 Å². The van der Waals surface area contributed by atoms with Crippen molar-refractivity contribution in [2.45, 2.75) is 50.0 Å². The second-order valence-corrected chi connectivity index (χ2v) is 8.51. The minimum atomic E-state index is -0.701. The van der Waals surface area contributed by atoms with Crippen molar-refractivity contribution in [1.82, 2.24) is 5.16 Å². The lowest BCUT2D eigenvalue weighted by Crippen LogP contribution is -2.25. The average molecular weight is 394 g/mol. The number of rotatable bonds is 5. The molecule has 138 valence electrons. The van der Waals surface area contributed by atoms with E-state index < -0.39 is 11.6 Å². The molecule has 0 N–H and O–H groups in total. The highest BCUT2D eigenvalue weighted by Gasteiger charge is 2.38. The van der Waals surface area contributed by atoms with Crippen LogP contribution in [-0.2, 0) is 4.74 Å². The lowest BCUT2D eigenvalue weighted by Gasteiger charge is -2.18. The minimum Gasteiger partial charge on any atom is -0.455 e. The molecule has 1 fully saturated rings. The van der Waals surface area contributed by atoms with Gasteiger partial charge in [-0.3, -0.25) is 4.79 Å². The summed E-state index contributed by atoms with van der Waals surface area (Å²) in [7, 11) is 0. The third-order valence-electron chi connectivity index (χ3n) is 3.91. The molecular weight excluding hydrogens is 374 g/mol. The Bertz CT molecular complexity index is 865. The number of ether oxygens (including phenoxy) is 1. The van der Waals surface area contributed by atoms with Crippen LogP contribution in [0.3, 0.4) is 0 Å². The fourth-order valence-corrected chi connectivity index (χ4v) is 3.32.